The predicted octanol–water partition coefficient (Wildman–Crippen LogP) is 1.62. The van der Waals surface area contributed by atoms with Crippen molar-refractivity contribution in [3.63, 3.8) is 0 Å². The van der Waals surface area contributed by atoms with E-state index < -0.39 is 6.04 Å². The summed E-state index contributed by atoms with van der Waals surface area (Å²) in [5, 5.41) is 2.68. The first-order chi connectivity index (χ1) is 10.3. The lowest BCUT2D eigenvalue weighted by Crippen LogP contribution is -2.49. The van der Waals surface area contributed by atoms with Gasteiger partial charge in [0.2, 0.25) is 5.91 Å². The summed E-state index contributed by atoms with van der Waals surface area (Å²) in [6.07, 6.45) is 5.34. The van der Waals surface area contributed by atoms with E-state index in [1.807, 2.05) is 31.2 Å². The van der Waals surface area contributed by atoms with Crippen LogP contribution in [0, 0.1) is 19.3 Å². The second-order valence-electron chi connectivity index (χ2n) is 5.45. The van der Waals surface area contributed by atoms with E-state index in [1.165, 1.54) is 9.80 Å². The molecule has 0 aliphatic heterocycles. The van der Waals surface area contributed by atoms with E-state index in [1.54, 1.807) is 21.0 Å². The molecule has 118 valence electrons. The third kappa shape index (κ3) is 5.13. The van der Waals surface area contributed by atoms with E-state index in [4.69, 9.17) is 6.42 Å². The maximum atomic E-state index is 12.3. The van der Waals surface area contributed by atoms with Gasteiger partial charge in [0, 0.05) is 20.6 Å². The number of terminal acetylenes is 1. The van der Waals surface area contributed by atoms with Gasteiger partial charge in [-0.15, -0.1) is 6.42 Å². The zero-order valence-corrected chi connectivity index (χ0v) is 13.6. The normalized spacial score (nSPS) is 11.2. The molecule has 1 aromatic rings. The fraction of sp³-hybridized carbons (Fsp3) is 0.412. The van der Waals surface area contributed by atoms with Gasteiger partial charge in [0.1, 0.15) is 6.04 Å². The van der Waals surface area contributed by atoms with Crippen LogP contribution in [0.15, 0.2) is 24.3 Å². The molecule has 1 N–H and O–H groups in total. The third-order valence-electron chi connectivity index (χ3n) is 3.21. The summed E-state index contributed by atoms with van der Waals surface area (Å²) in [7, 11) is 3.30. The smallest absolute Gasteiger partial charge is 0.319 e. The van der Waals surface area contributed by atoms with Crippen LogP contribution in [-0.2, 0) is 11.3 Å². The fourth-order valence-electron chi connectivity index (χ4n) is 1.95. The lowest BCUT2D eigenvalue weighted by atomic mass is 10.1. The number of urea groups is 1. The number of benzene rings is 1. The van der Waals surface area contributed by atoms with Crippen LogP contribution < -0.4 is 5.32 Å². The number of carbonyl (C=O) groups excluding carboxylic acids is 2. The number of nitrogens with zero attached hydrogens (tertiary/aromatic N) is 2. The summed E-state index contributed by atoms with van der Waals surface area (Å²) in [6, 6.07) is 6.95. The first-order valence-corrected chi connectivity index (χ1v) is 7.10. The molecule has 0 aliphatic rings. The zero-order chi connectivity index (χ0) is 16.7. The molecule has 0 heterocycles. The van der Waals surface area contributed by atoms with Gasteiger partial charge in [-0.1, -0.05) is 35.7 Å². The average molecular weight is 301 g/mol. The quantitative estimate of drug-likeness (QED) is 0.840. The molecule has 0 saturated heterocycles. The van der Waals surface area contributed by atoms with Gasteiger partial charge in [0.15, 0.2) is 0 Å². The summed E-state index contributed by atoms with van der Waals surface area (Å²) >= 11 is 0. The van der Waals surface area contributed by atoms with Crippen LogP contribution >= 0.6 is 0 Å². The molecule has 22 heavy (non-hydrogen) atoms. The second kappa shape index (κ2) is 8.08. The summed E-state index contributed by atoms with van der Waals surface area (Å²) in [6.45, 7) is 4.24. The molecule has 0 aliphatic carbocycles. The average Bonchev–Trinajstić information content (AvgIpc) is 2.47. The highest BCUT2D eigenvalue weighted by molar-refractivity contribution is 5.86. The number of aryl methyl sites for hydroxylation is 1. The van der Waals surface area contributed by atoms with E-state index in [2.05, 4.69) is 11.2 Å². The summed E-state index contributed by atoms with van der Waals surface area (Å²) in [5.41, 5.74) is 2.14. The molecule has 1 atom stereocenters. The molecule has 0 saturated carbocycles. The Morgan fingerprint density at radius 3 is 2.36 bits per heavy atom. The van der Waals surface area contributed by atoms with E-state index in [0.29, 0.717) is 6.54 Å². The minimum atomic E-state index is -0.596. The highest BCUT2D eigenvalue weighted by Gasteiger charge is 2.20. The van der Waals surface area contributed by atoms with E-state index in [-0.39, 0.29) is 18.5 Å². The minimum Gasteiger partial charge on any atom is -0.347 e. The molecule has 3 amide bonds. The first kappa shape index (κ1) is 17.6. The molecule has 5 nitrogen and oxygen atoms in total. The number of likely N-dealkylation sites (N-methyl/N-ethyl adjacent to an activating group) is 1. The summed E-state index contributed by atoms with van der Waals surface area (Å²) < 4.78 is 0. The highest BCUT2D eigenvalue weighted by Crippen LogP contribution is 2.07. The fourth-order valence-corrected chi connectivity index (χ4v) is 1.95. The van der Waals surface area contributed by atoms with Crippen LogP contribution in [0.4, 0.5) is 4.79 Å². The van der Waals surface area contributed by atoms with Crippen molar-refractivity contribution in [2.45, 2.75) is 26.4 Å². The Kier molecular flexibility index (Phi) is 6.46. The Bertz CT molecular complexity index is 558. The standard InChI is InChI=1S/C17H23N3O2/c1-6-11-20(12-15-9-7-13(2)8-10-15)17(22)18-14(3)16(21)19(4)5/h1,7-10,14H,11-12H2,2-5H3,(H,18,22)/t14-/m0/s1. The Labute approximate surface area is 132 Å². The summed E-state index contributed by atoms with van der Waals surface area (Å²) in [5.74, 6) is 2.31. The molecule has 1 aromatic carbocycles. The molecular weight excluding hydrogens is 278 g/mol. The van der Waals surface area contributed by atoms with Crippen LogP contribution in [-0.4, -0.2) is 48.4 Å². The first-order valence-electron chi connectivity index (χ1n) is 7.10. The molecule has 1 rings (SSSR count). The maximum absolute atomic E-state index is 12.3. The lowest BCUT2D eigenvalue weighted by molar-refractivity contribution is -0.130. The molecular formula is C17H23N3O2. The molecule has 0 unspecified atom stereocenters. The number of carbonyl (C=O) groups is 2. The van der Waals surface area contributed by atoms with Gasteiger partial charge in [-0.05, 0) is 19.4 Å². The Morgan fingerprint density at radius 1 is 1.27 bits per heavy atom. The lowest BCUT2D eigenvalue weighted by Gasteiger charge is -2.24. The topological polar surface area (TPSA) is 52.7 Å². The minimum absolute atomic E-state index is 0.163. The van der Waals surface area contributed by atoms with Gasteiger partial charge >= 0.3 is 6.03 Å². The molecule has 0 bridgehead atoms. The Balaban J connectivity index is 2.73. The van der Waals surface area contributed by atoms with Crippen molar-refractivity contribution < 1.29 is 9.59 Å². The van der Waals surface area contributed by atoms with Crippen LogP contribution in [0.25, 0.3) is 0 Å². The molecule has 0 aromatic heterocycles. The van der Waals surface area contributed by atoms with Crippen LogP contribution in [0.1, 0.15) is 18.1 Å². The summed E-state index contributed by atoms with van der Waals surface area (Å²) in [4.78, 5) is 27.0. The van der Waals surface area contributed by atoms with E-state index >= 15 is 0 Å². The molecule has 0 fully saturated rings. The van der Waals surface area contributed by atoms with E-state index in [9.17, 15) is 9.59 Å². The largest absolute Gasteiger partial charge is 0.347 e. The van der Waals surface area contributed by atoms with Crippen LogP contribution in [0.3, 0.4) is 0 Å². The van der Waals surface area contributed by atoms with Gasteiger partial charge in [-0.2, -0.15) is 0 Å². The van der Waals surface area contributed by atoms with Gasteiger partial charge in [-0.25, -0.2) is 4.79 Å². The van der Waals surface area contributed by atoms with Crippen molar-refractivity contribution in [3.8, 4) is 12.3 Å². The Morgan fingerprint density at radius 2 is 1.86 bits per heavy atom. The van der Waals surface area contributed by atoms with Crippen molar-refractivity contribution in [1.29, 1.82) is 0 Å². The number of nitrogens with one attached hydrogen (secondary N) is 1. The van der Waals surface area contributed by atoms with Gasteiger partial charge in [-0.3, -0.25) is 4.79 Å². The van der Waals surface area contributed by atoms with Crippen molar-refractivity contribution in [1.82, 2.24) is 15.1 Å². The molecule has 0 spiro atoms. The number of hydrogen-bond donors (Lipinski definition) is 1. The molecule has 5 heteroatoms. The van der Waals surface area contributed by atoms with Crippen LogP contribution in [0.2, 0.25) is 0 Å². The van der Waals surface area contributed by atoms with Crippen molar-refractivity contribution >= 4 is 11.9 Å². The maximum Gasteiger partial charge on any atom is 0.319 e. The Hall–Kier alpha value is -2.48. The zero-order valence-electron chi connectivity index (χ0n) is 13.6. The molecule has 0 radical (unpaired) electrons. The van der Waals surface area contributed by atoms with Crippen LogP contribution in [0.5, 0.6) is 0 Å². The van der Waals surface area contributed by atoms with Crippen molar-refractivity contribution in [2.75, 3.05) is 20.6 Å². The highest BCUT2D eigenvalue weighted by atomic mass is 16.2. The number of amides is 3. The van der Waals surface area contributed by atoms with Gasteiger partial charge in [0.25, 0.3) is 0 Å². The predicted molar refractivity (Wildman–Crippen MR) is 87.1 cm³/mol. The SMILES string of the molecule is C#CCN(Cc1ccc(C)cc1)C(=O)N[C@@H](C)C(=O)N(C)C. The monoisotopic (exact) mass is 301 g/mol. The second-order valence-corrected chi connectivity index (χ2v) is 5.45. The van der Waals surface area contributed by atoms with E-state index in [0.717, 1.165) is 11.1 Å². The number of hydrogen-bond acceptors (Lipinski definition) is 2. The van der Waals surface area contributed by atoms with Crippen molar-refractivity contribution in [2.24, 2.45) is 0 Å². The van der Waals surface area contributed by atoms with Gasteiger partial charge in [0.05, 0.1) is 6.54 Å². The van der Waals surface area contributed by atoms with Crippen molar-refractivity contribution in [3.05, 3.63) is 35.4 Å². The third-order valence-corrected chi connectivity index (χ3v) is 3.21. The van der Waals surface area contributed by atoms with Gasteiger partial charge < -0.3 is 15.1 Å². The number of rotatable bonds is 5.